The van der Waals surface area contributed by atoms with E-state index in [-0.39, 0.29) is 32.7 Å². The Balaban J connectivity index is 2.36. The second-order valence-corrected chi connectivity index (χ2v) is 6.34. The van der Waals surface area contributed by atoms with Gasteiger partial charge in [0.1, 0.15) is 6.07 Å². The molecule has 6 nitrogen and oxygen atoms in total. The first-order valence-electron chi connectivity index (χ1n) is 5.97. The van der Waals surface area contributed by atoms with Crippen molar-refractivity contribution in [2.24, 2.45) is 0 Å². The molecule has 0 heterocycles. The minimum atomic E-state index is -3.91. The number of methoxy groups -OCH3 is 1. The van der Waals surface area contributed by atoms with Crippen LogP contribution in [0.1, 0.15) is 5.56 Å². The Hall–Kier alpha value is -2.43. The van der Waals surface area contributed by atoms with Gasteiger partial charge in [-0.25, -0.2) is 8.42 Å². The number of rotatable bonds is 4. The van der Waals surface area contributed by atoms with Gasteiger partial charge in [-0.15, -0.1) is 0 Å². The van der Waals surface area contributed by atoms with Crippen molar-refractivity contribution >= 4 is 27.3 Å². The van der Waals surface area contributed by atoms with E-state index in [4.69, 9.17) is 21.6 Å². The van der Waals surface area contributed by atoms with Crippen molar-refractivity contribution in [3.63, 3.8) is 0 Å². The monoisotopic (exact) mass is 338 g/mol. The number of nitriles is 1. The third-order valence-corrected chi connectivity index (χ3v) is 4.51. The quantitative estimate of drug-likeness (QED) is 0.892. The maximum absolute atomic E-state index is 12.3. The molecular formula is C14H11ClN2O4S. The number of sulfonamides is 1. The molecule has 0 aliphatic heterocycles. The predicted octanol–water partition coefficient (Wildman–Crippen LogP) is 2.73. The minimum absolute atomic E-state index is 0.0575. The normalized spacial score (nSPS) is 10.8. The molecule has 0 aromatic heterocycles. The van der Waals surface area contributed by atoms with E-state index in [9.17, 15) is 13.5 Å². The number of phenols is 1. The molecule has 0 aliphatic rings. The van der Waals surface area contributed by atoms with Crippen molar-refractivity contribution in [3.8, 4) is 17.6 Å². The zero-order chi connectivity index (χ0) is 16.3. The number of nitrogens with one attached hydrogen (secondary N) is 1. The Kier molecular flexibility index (Phi) is 4.45. The molecule has 0 fully saturated rings. The number of halogens is 1. The molecule has 0 amide bonds. The molecule has 22 heavy (non-hydrogen) atoms. The number of anilines is 1. The van der Waals surface area contributed by atoms with Crippen molar-refractivity contribution in [2.45, 2.75) is 4.90 Å². The van der Waals surface area contributed by atoms with E-state index in [1.807, 2.05) is 6.07 Å². The smallest absolute Gasteiger partial charge is 0.261 e. The molecule has 2 N–H and O–H groups in total. The summed E-state index contributed by atoms with van der Waals surface area (Å²) < 4.78 is 31.7. The zero-order valence-corrected chi connectivity index (χ0v) is 12.9. The summed E-state index contributed by atoms with van der Waals surface area (Å²) in [6.07, 6.45) is 0. The number of ether oxygens (including phenoxy) is 1. The van der Waals surface area contributed by atoms with E-state index in [2.05, 4.69) is 4.72 Å². The van der Waals surface area contributed by atoms with Gasteiger partial charge in [0, 0.05) is 6.07 Å². The number of aromatic hydroxyl groups is 1. The van der Waals surface area contributed by atoms with Crippen molar-refractivity contribution in [1.82, 2.24) is 0 Å². The van der Waals surface area contributed by atoms with Gasteiger partial charge in [0.25, 0.3) is 10.0 Å². The Bertz CT molecular complexity index is 860. The van der Waals surface area contributed by atoms with Crippen LogP contribution in [0.5, 0.6) is 11.5 Å². The van der Waals surface area contributed by atoms with Gasteiger partial charge in [-0.05, 0) is 30.3 Å². The molecule has 2 rings (SSSR count). The van der Waals surface area contributed by atoms with Crippen LogP contribution in [0.15, 0.2) is 41.3 Å². The lowest BCUT2D eigenvalue weighted by Gasteiger charge is -2.10. The first kappa shape index (κ1) is 15.9. The Labute approximate surface area is 132 Å². The minimum Gasteiger partial charge on any atom is -0.504 e. The molecule has 0 spiro atoms. The summed E-state index contributed by atoms with van der Waals surface area (Å²) in [6, 6.07) is 9.70. The molecule has 0 aliphatic carbocycles. The first-order chi connectivity index (χ1) is 10.4. The summed E-state index contributed by atoms with van der Waals surface area (Å²) in [6.45, 7) is 0. The topological polar surface area (TPSA) is 99.4 Å². The molecule has 0 bridgehead atoms. The second-order valence-electron chi connectivity index (χ2n) is 4.25. The van der Waals surface area contributed by atoms with Gasteiger partial charge < -0.3 is 9.84 Å². The van der Waals surface area contributed by atoms with Crippen LogP contribution < -0.4 is 9.46 Å². The lowest BCUT2D eigenvalue weighted by atomic mass is 10.2. The van der Waals surface area contributed by atoms with Crippen molar-refractivity contribution in [1.29, 1.82) is 5.26 Å². The highest BCUT2D eigenvalue weighted by Gasteiger charge is 2.17. The molecule has 0 saturated heterocycles. The van der Waals surface area contributed by atoms with Crippen LogP contribution in [0, 0.1) is 11.3 Å². The Morgan fingerprint density at radius 3 is 2.59 bits per heavy atom. The molecular weight excluding hydrogens is 328 g/mol. The van der Waals surface area contributed by atoms with E-state index in [0.29, 0.717) is 0 Å². The standard InChI is InChI=1S/C14H11ClN2O4S/c1-21-14-5-2-10(7-13(14)18)17-22(19,20)11-3-4-12(15)9(6-11)8-16/h2-7,17-18H,1H3. The largest absolute Gasteiger partial charge is 0.504 e. The molecule has 2 aromatic carbocycles. The van der Waals surface area contributed by atoms with E-state index in [0.717, 1.165) is 0 Å². The van der Waals surface area contributed by atoms with E-state index in [1.165, 1.54) is 43.5 Å². The fraction of sp³-hybridized carbons (Fsp3) is 0.0714. The van der Waals surface area contributed by atoms with Gasteiger partial charge in [-0.3, -0.25) is 4.72 Å². The van der Waals surface area contributed by atoms with E-state index < -0.39 is 10.0 Å². The van der Waals surface area contributed by atoms with Crippen molar-refractivity contribution in [2.75, 3.05) is 11.8 Å². The van der Waals surface area contributed by atoms with Crippen LogP contribution in [0.3, 0.4) is 0 Å². The molecule has 0 atom stereocenters. The van der Waals surface area contributed by atoms with Gasteiger partial charge >= 0.3 is 0 Å². The van der Waals surface area contributed by atoms with E-state index in [1.54, 1.807) is 0 Å². The Morgan fingerprint density at radius 2 is 2.00 bits per heavy atom. The lowest BCUT2D eigenvalue weighted by Crippen LogP contribution is -2.13. The average Bonchev–Trinajstić information content (AvgIpc) is 2.47. The summed E-state index contributed by atoms with van der Waals surface area (Å²) >= 11 is 5.78. The van der Waals surface area contributed by atoms with Crippen molar-refractivity contribution < 1.29 is 18.3 Å². The van der Waals surface area contributed by atoms with Crippen LogP contribution in [-0.4, -0.2) is 20.6 Å². The molecule has 2 aromatic rings. The lowest BCUT2D eigenvalue weighted by molar-refractivity contribution is 0.373. The maximum atomic E-state index is 12.3. The number of hydrogen-bond acceptors (Lipinski definition) is 5. The fourth-order valence-corrected chi connectivity index (χ4v) is 2.96. The molecule has 0 unspecified atom stereocenters. The van der Waals surface area contributed by atoms with Crippen LogP contribution in [0.4, 0.5) is 5.69 Å². The highest BCUT2D eigenvalue weighted by Crippen LogP contribution is 2.30. The summed E-state index contributed by atoms with van der Waals surface area (Å²) in [5.74, 6) is 0.0257. The molecule has 0 radical (unpaired) electrons. The number of phenolic OH excluding ortho intramolecular Hbond substituents is 1. The summed E-state index contributed by atoms with van der Waals surface area (Å²) in [4.78, 5) is -0.108. The fourth-order valence-electron chi connectivity index (χ4n) is 1.72. The van der Waals surface area contributed by atoms with Gasteiger partial charge in [-0.1, -0.05) is 11.6 Å². The molecule has 114 valence electrons. The maximum Gasteiger partial charge on any atom is 0.261 e. The van der Waals surface area contributed by atoms with E-state index >= 15 is 0 Å². The Morgan fingerprint density at radius 1 is 1.27 bits per heavy atom. The summed E-state index contributed by atoms with van der Waals surface area (Å²) in [5.41, 5.74) is 0.217. The van der Waals surface area contributed by atoms with Gasteiger partial charge in [0.05, 0.1) is 28.3 Å². The van der Waals surface area contributed by atoms with Crippen molar-refractivity contribution in [3.05, 3.63) is 47.0 Å². The summed E-state index contributed by atoms with van der Waals surface area (Å²) in [5, 5.41) is 18.7. The van der Waals surface area contributed by atoms with Gasteiger partial charge in [0.2, 0.25) is 0 Å². The highest BCUT2D eigenvalue weighted by atomic mass is 35.5. The SMILES string of the molecule is COc1ccc(NS(=O)(=O)c2ccc(Cl)c(C#N)c2)cc1O. The highest BCUT2D eigenvalue weighted by molar-refractivity contribution is 7.92. The molecule has 0 saturated carbocycles. The number of benzene rings is 2. The van der Waals surface area contributed by atoms with Crippen LogP contribution in [0.25, 0.3) is 0 Å². The molecule has 8 heteroatoms. The number of nitrogens with zero attached hydrogens (tertiary/aromatic N) is 1. The predicted molar refractivity (Wildman–Crippen MR) is 81.6 cm³/mol. The first-order valence-corrected chi connectivity index (χ1v) is 7.83. The van der Waals surface area contributed by atoms with Crippen LogP contribution in [-0.2, 0) is 10.0 Å². The van der Waals surface area contributed by atoms with Gasteiger partial charge in [0.15, 0.2) is 11.5 Å². The zero-order valence-electron chi connectivity index (χ0n) is 11.4. The van der Waals surface area contributed by atoms with Crippen LogP contribution >= 0.6 is 11.6 Å². The second kappa shape index (κ2) is 6.13. The summed E-state index contributed by atoms with van der Waals surface area (Å²) in [7, 11) is -2.53. The number of hydrogen-bond donors (Lipinski definition) is 2. The van der Waals surface area contributed by atoms with Crippen LogP contribution in [0.2, 0.25) is 5.02 Å². The third-order valence-electron chi connectivity index (χ3n) is 2.80. The van der Waals surface area contributed by atoms with Gasteiger partial charge in [-0.2, -0.15) is 5.26 Å². The third kappa shape index (κ3) is 3.24. The average molecular weight is 339 g/mol.